The fourth-order valence-corrected chi connectivity index (χ4v) is 1.71. The molecule has 0 saturated carbocycles. The largest absolute Gasteiger partial charge is 0.489 e. The van der Waals surface area contributed by atoms with E-state index in [2.05, 4.69) is 10.6 Å². The summed E-state index contributed by atoms with van der Waals surface area (Å²) >= 11 is 0. The van der Waals surface area contributed by atoms with E-state index in [4.69, 9.17) is 9.47 Å². The molecule has 0 spiro atoms. The van der Waals surface area contributed by atoms with Crippen molar-refractivity contribution in [2.45, 2.75) is 0 Å². The van der Waals surface area contributed by atoms with Crippen LogP contribution < -0.4 is 15.4 Å². The van der Waals surface area contributed by atoms with Crippen molar-refractivity contribution < 1.29 is 14.3 Å². The first-order valence-corrected chi connectivity index (χ1v) is 5.59. The Morgan fingerprint density at radius 2 is 2.47 bits per heavy atom. The van der Waals surface area contributed by atoms with Crippen LogP contribution in [0.25, 0.3) is 0 Å². The van der Waals surface area contributed by atoms with Crippen LogP contribution in [0.15, 0.2) is 18.2 Å². The zero-order valence-electron chi connectivity index (χ0n) is 9.79. The van der Waals surface area contributed by atoms with Crippen LogP contribution in [0.2, 0.25) is 0 Å². The smallest absolute Gasteiger partial charge is 0.255 e. The minimum Gasteiger partial charge on any atom is -0.489 e. The van der Waals surface area contributed by atoms with Gasteiger partial charge in [-0.3, -0.25) is 4.79 Å². The number of para-hydroxylation sites is 1. The SMILES string of the molecule is COCCNC(=O)c1cccc2c1OCCN2. The van der Waals surface area contributed by atoms with Gasteiger partial charge in [0, 0.05) is 20.2 Å². The molecule has 0 radical (unpaired) electrons. The summed E-state index contributed by atoms with van der Waals surface area (Å²) in [7, 11) is 1.60. The Balaban J connectivity index is 2.12. The van der Waals surface area contributed by atoms with Crippen molar-refractivity contribution in [3.05, 3.63) is 23.8 Å². The molecule has 17 heavy (non-hydrogen) atoms. The first-order chi connectivity index (χ1) is 8.33. The van der Waals surface area contributed by atoms with Gasteiger partial charge in [0.05, 0.1) is 17.9 Å². The van der Waals surface area contributed by atoms with E-state index < -0.39 is 0 Å². The second-order valence-electron chi connectivity index (χ2n) is 3.71. The van der Waals surface area contributed by atoms with Gasteiger partial charge in [0.2, 0.25) is 0 Å². The van der Waals surface area contributed by atoms with E-state index in [9.17, 15) is 4.79 Å². The summed E-state index contributed by atoms with van der Waals surface area (Å²) in [6.07, 6.45) is 0. The topological polar surface area (TPSA) is 59.6 Å². The van der Waals surface area contributed by atoms with E-state index in [0.717, 1.165) is 12.2 Å². The van der Waals surface area contributed by atoms with E-state index in [0.29, 0.717) is 31.1 Å². The predicted octanol–water partition coefficient (Wildman–Crippen LogP) is 0.867. The van der Waals surface area contributed by atoms with Crippen LogP contribution in [0, 0.1) is 0 Å². The Morgan fingerprint density at radius 1 is 1.59 bits per heavy atom. The molecular weight excluding hydrogens is 220 g/mol. The average Bonchev–Trinajstić information content (AvgIpc) is 2.38. The maximum atomic E-state index is 11.9. The molecule has 5 heteroatoms. The summed E-state index contributed by atoms with van der Waals surface area (Å²) in [6.45, 7) is 2.34. The molecule has 1 heterocycles. The van der Waals surface area contributed by atoms with Gasteiger partial charge in [-0.15, -0.1) is 0 Å². The number of carbonyl (C=O) groups is 1. The summed E-state index contributed by atoms with van der Waals surface area (Å²) < 4.78 is 10.4. The molecular formula is C12H16N2O3. The molecule has 2 rings (SSSR count). The van der Waals surface area contributed by atoms with Crippen LogP contribution in [0.5, 0.6) is 5.75 Å². The first kappa shape index (κ1) is 11.7. The van der Waals surface area contributed by atoms with Crippen molar-refractivity contribution in [3.63, 3.8) is 0 Å². The van der Waals surface area contributed by atoms with Crippen LogP contribution >= 0.6 is 0 Å². The van der Waals surface area contributed by atoms with Crippen LogP contribution in [-0.2, 0) is 4.74 Å². The Bertz CT molecular complexity index is 407. The van der Waals surface area contributed by atoms with Crippen molar-refractivity contribution in [3.8, 4) is 5.75 Å². The van der Waals surface area contributed by atoms with Gasteiger partial charge >= 0.3 is 0 Å². The molecule has 1 aliphatic rings. The number of ether oxygens (including phenoxy) is 2. The molecule has 1 aromatic carbocycles. The van der Waals surface area contributed by atoms with E-state index in [-0.39, 0.29) is 5.91 Å². The van der Waals surface area contributed by atoms with E-state index in [1.54, 1.807) is 13.2 Å². The molecule has 0 aromatic heterocycles. The first-order valence-electron chi connectivity index (χ1n) is 5.59. The minimum absolute atomic E-state index is 0.136. The quantitative estimate of drug-likeness (QED) is 0.761. The molecule has 1 aliphatic heterocycles. The third kappa shape index (κ3) is 2.68. The molecule has 0 atom stereocenters. The highest BCUT2D eigenvalue weighted by atomic mass is 16.5. The average molecular weight is 236 g/mol. The van der Waals surface area contributed by atoms with Gasteiger partial charge in [-0.05, 0) is 12.1 Å². The minimum atomic E-state index is -0.136. The fourth-order valence-electron chi connectivity index (χ4n) is 1.71. The number of amides is 1. The Kier molecular flexibility index (Phi) is 3.82. The predicted molar refractivity (Wildman–Crippen MR) is 64.6 cm³/mol. The number of anilines is 1. The van der Waals surface area contributed by atoms with Crippen LogP contribution in [0.4, 0.5) is 5.69 Å². The van der Waals surface area contributed by atoms with Gasteiger partial charge < -0.3 is 20.1 Å². The summed E-state index contributed by atoms with van der Waals surface area (Å²) in [4.78, 5) is 11.9. The highest BCUT2D eigenvalue weighted by Crippen LogP contribution is 2.30. The second-order valence-corrected chi connectivity index (χ2v) is 3.71. The number of carbonyl (C=O) groups excluding carboxylic acids is 1. The monoisotopic (exact) mass is 236 g/mol. The van der Waals surface area contributed by atoms with Gasteiger partial charge in [-0.25, -0.2) is 0 Å². The Morgan fingerprint density at radius 3 is 3.29 bits per heavy atom. The highest BCUT2D eigenvalue weighted by Gasteiger charge is 2.18. The molecule has 1 amide bonds. The van der Waals surface area contributed by atoms with Crippen molar-refractivity contribution >= 4 is 11.6 Å². The summed E-state index contributed by atoms with van der Waals surface area (Å²) in [6, 6.07) is 5.50. The van der Waals surface area contributed by atoms with Gasteiger partial charge in [0.1, 0.15) is 6.61 Å². The van der Waals surface area contributed by atoms with Crippen molar-refractivity contribution in [1.29, 1.82) is 0 Å². The molecule has 2 N–H and O–H groups in total. The molecule has 0 fully saturated rings. The summed E-state index contributed by atoms with van der Waals surface area (Å²) in [5.41, 5.74) is 1.43. The van der Waals surface area contributed by atoms with Crippen molar-refractivity contribution in [2.75, 3.05) is 38.7 Å². The zero-order chi connectivity index (χ0) is 12.1. The van der Waals surface area contributed by atoms with Crippen LogP contribution in [0.1, 0.15) is 10.4 Å². The number of hydrogen-bond donors (Lipinski definition) is 2. The lowest BCUT2D eigenvalue weighted by Crippen LogP contribution is -2.28. The second kappa shape index (κ2) is 5.54. The summed E-state index contributed by atoms with van der Waals surface area (Å²) in [5.74, 6) is 0.497. The summed E-state index contributed by atoms with van der Waals surface area (Å²) in [5, 5.41) is 5.97. The van der Waals surface area contributed by atoms with Gasteiger partial charge in [0.25, 0.3) is 5.91 Å². The fraction of sp³-hybridized carbons (Fsp3) is 0.417. The van der Waals surface area contributed by atoms with Crippen LogP contribution in [-0.4, -0.2) is 39.3 Å². The van der Waals surface area contributed by atoms with Gasteiger partial charge in [-0.2, -0.15) is 0 Å². The highest BCUT2D eigenvalue weighted by molar-refractivity contribution is 5.98. The van der Waals surface area contributed by atoms with E-state index >= 15 is 0 Å². The lowest BCUT2D eigenvalue weighted by molar-refractivity contribution is 0.0933. The Hall–Kier alpha value is -1.75. The number of benzene rings is 1. The lowest BCUT2D eigenvalue weighted by Gasteiger charge is -2.21. The lowest BCUT2D eigenvalue weighted by atomic mass is 10.1. The molecule has 0 aliphatic carbocycles. The van der Waals surface area contributed by atoms with Crippen LogP contribution in [0.3, 0.4) is 0 Å². The maximum absolute atomic E-state index is 11.9. The van der Waals surface area contributed by atoms with E-state index in [1.807, 2.05) is 12.1 Å². The maximum Gasteiger partial charge on any atom is 0.255 e. The van der Waals surface area contributed by atoms with E-state index in [1.165, 1.54) is 0 Å². The molecule has 0 bridgehead atoms. The van der Waals surface area contributed by atoms with Gasteiger partial charge in [-0.1, -0.05) is 6.07 Å². The zero-order valence-corrected chi connectivity index (χ0v) is 9.79. The number of hydrogen-bond acceptors (Lipinski definition) is 4. The number of methoxy groups -OCH3 is 1. The standard InChI is InChI=1S/C12H16N2O3/c1-16-7-5-14-12(15)9-3-2-4-10-11(9)17-8-6-13-10/h2-4,13H,5-8H2,1H3,(H,14,15). The molecule has 1 aromatic rings. The number of rotatable bonds is 4. The Labute approximate surface area is 100 Å². The van der Waals surface area contributed by atoms with Crippen molar-refractivity contribution in [2.24, 2.45) is 0 Å². The molecule has 0 saturated heterocycles. The molecule has 92 valence electrons. The third-order valence-electron chi connectivity index (χ3n) is 2.52. The molecule has 5 nitrogen and oxygen atoms in total. The number of fused-ring (bicyclic) bond motifs is 1. The third-order valence-corrected chi connectivity index (χ3v) is 2.52. The van der Waals surface area contributed by atoms with Gasteiger partial charge in [0.15, 0.2) is 5.75 Å². The number of nitrogens with one attached hydrogen (secondary N) is 2. The molecule has 0 unspecified atom stereocenters. The normalized spacial score (nSPS) is 13.2. The van der Waals surface area contributed by atoms with Crippen molar-refractivity contribution in [1.82, 2.24) is 5.32 Å².